The molecule has 2 aromatic rings. The van der Waals surface area contributed by atoms with Crippen molar-refractivity contribution in [1.82, 2.24) is 14.8 Å². The van der Waals surface area contributed by atoms with Crippen LogP contribution in [0.1, 0.15) is 5.69 Å². The van der Waals surface area contributed by atoms with Crippen LogP contribution in [0.5, 0.6) is 0 Å². The lowest BCUT2D eigenvalue weighted by molar-refractivity contribution is 0.463. The molecule has 0 radical (unpaired) electrons. The van der Waals surface area contributed by atoms with Crippen LogP contribution in [-0.4, -0.2) is 50.2 Å². The molecule has 0 saturated carbocycles. The Hall–Kier alpha value is -1.26. The summed E-state index contributed by atoms with van der Waals surface area (Å²) in [5, 5.41) is 3.78. The summed E-state index contributed by atoms with van der Waals surface area (Å²) in [6, 6.07) is 10.3. The van der Waals surface area contributed by atoms with E-state index in [4.69, 9.17) is 11.6 Å². The van der Waals surface area contributed by atoms with Crippen LogP contribution in [0.2, 0.25) is 5.02 Å². The Morgan fingerprint density at radius 1 is 1.31 bits per heavy atom. The van der Waals surface area contributed by atoms with Crippen molar-refractivity contribution in [1.29, 1.82) is 0 Å². The van der Waals surface area contributed by atoms with Gasteiger partial charge >= 0.3 is 0 Å². The maximum Gasteiger partial charge on any atom is 0.193 e. The fourth-order valence-electron chi connectivity index (χ4n) is 2.47. The van der Waals surface area contributed by atoms with Gasteiger partial charge in [-0.2, -0.15) is 0 Å². The topological polar surface area (TPSA) is 66.7 Å². The summed E-state index contributed by atoms with van der Waals surface area (Å²) in [5.41, 5.74) is 1.03. The van der Waals surface area contributed by atoms with E-state index in [9.17, 15) is 8.42 Å². The molecule has 0 bridgehead atoms. The molecular formula is C17H24ClIN4O2S. The van der Waals surface area contributed by atoms with Crippen molar-refractivity contribution < 1.29 is 8.42 Å². The zero-order valence-electron chi connectivity index (χ0n) is 15.0. The van der Waals surface area contributed by atoms with Crippen LogP contribution in [0, 0.1) is 0 Å². The summed E-state index contributed by atoms with van der Waals surface area (Å²) in [7, 11) is 2.18. The SMILES string of the molecule is CN=C(NCCS(=O)(=O)c1ccccc1)N(C)Cc1cc(Cl)cn1C.I. The second-order valence-electron chi connectivity index (χ2n) is 5.72. The van der Waals surface area contributed by atoms with Crippen LogP contribution in [-0.2, 0) is 23.4 Å². The van der Waals surface area contributed by atoms with Crippen molar-refractivity contribution in [3.8, 4) is 0 Å². The van der Waals surface area contributed by atoms with Crippen molar-refractivity contribution in [2.45, 2.75) is 11.4 Å². The molecule has 0 unspecified atom stereocenters. The molecule has 0 fully saturated rings. The number of benzene rings is 1. The number of aliphatic imine (C=N–C) groups is 1. The number of hydrogen-bond acceptors (Lipinski definition) is 3. The highest BCUT2D eigenvalue weighted by Crippen LogP contribution is 2.14. The first kappa shape index (κ1) is 22.8. The van der Waals surface area contributed by atoms with Gasteiger partial charge in [0.05, 0.1) is 22.2 Å². The van der Waals surface area contributed by atoms with E-state index in [0.29, 0.717) is 22.4 Å². The molecule has 0 aliphatic carbocycles. The zero-order valence-corrected chi connectivity index (χ0v) is 18.9. The highest BCUT2D eigenvalue weighted by Gasteiger charge is 2.15. The molecule has 26 heavy (non-hydrogen) atoms. The number of nitrogens with one attached hydrogen (secondary N) is 1. The van der Waals surface area contributed by atoms with Gasteiger partial charge in [0.15, 0.2) is 15.8 Å². The van der Waals surface area contributed by atoms with E-state index < -0.39 is 9.84 Å². The van der Waals surface area contributed by atoms with Gasteiger partial charge in [-0.25, -0.2) is 8.42 Å². The minimum Gasteiger partial charge on any atom is -0.355 e. The fraction of sp³-hybridized carbons (Fsp3) is 0.353. The number of sulfone groups is 1. The molecule has 0 aliphatic heterocycles. The Kier molecular flexibility index (Phi) is 8.91. The molecule has 144 valence electrons. The number of guanidine groups is 1. The molecule has 1 N–H and O–H groups in total. The largest absolute Gasteiger partial charge is 0.355 e. The van der Waals surface area contributed by atoms with Gasteiger partial charge in [0.2, 0.25) is 0 Å². The Balaban J connectivity index is 0.00000338. The molecule has 0 atom stereocenters. The van der Waals surface area contributed by atoms with E-state index >= 15 is 0 Å². The number of hydrogen-bond donors (Lipinski definition) is 1. The lowest BCUT2D eigenvalue weighted by Gasteiger charge is -2.22. The average Bonchev–Trinajstić information content (AvgIpc) is 2.89. The third-order valence-corrected chi connectivity index (χ3v) is 5.74. The van der Waals surface area contributed by atoms with Crippen LogP contribution < -0.4 is 5.32 Å². The standard InChI is InChI=1S/C17H23ClN4O2S.HI/c1-19-17(22(3)13-15-11-14(18)12-21(15)2)20-9-10-25(23,24)16-7-5-4-6-8-16;/h4-8,11-12H,9-10,13H2,1-3H3,(H,19,20);1H. The zero-order chi connectivity index (χ0) is 18.4. The number of aryl methyl sites for hydroxylation is 1. The van der Waals surface area contributed by atoms with E-state index in [1.807, 2.05) is 35.8 Å². The van der Waals surface area contributed by atoms with Crippen molar-refractivity contribution in [3.63, 3.8) is 0 Å². The van der Waals surface area contributed by atoms with Crippen molar-refractivity contribution in [3.05, 3.63) is 53.3 Å². The Bertz CT molecular complexity index is 838. The number of aromatic nitrogens is 1. The Morgan fingerprint density at radius 3 is 2.50 bits per heavy atom. The van der Waals surface area contributed by atoms with Gasteiger partial charge < -0.3 is 14.8 Å². The monoisotopic (exact) mass is 510 g/mol. The first-order valence-electron chi connectivity index (χ1n) is 7.84. The second-order valence-corrected chi connectivity index (χ2v) is 8.27. The molecule has 0 amide bonds. The third kappa shape index (κ3) is 6.17. The van der Waals surface area contributed by atoms with E-state index in [1.54, 1.807) is 37.4 Å². The minimum absolute atomic E-state index is 0. The molecule has 0 spiro atoms. The first-order valence-corrected chi connectivity index (χ1v) is 9.87. The smallest absolute Gasteiger partial charge is 0.193 e. The maximum atomic E-state index is 12.3. The normalized spacial score (nSPS) is 11.8. The van der Waals surface area contributed by atoms with Crippen molar-refractivity contribution >= 4 is 51.4 Å². The molecule has 1 aromatic heterocycles. The highest BCUT2D eigenvalue weighted by atomic mass is 127. The highest BCUT2D eigenvalue weighted by molar-refractivity contribution is 14.0. The summed E-state index contributed by atoms with van der Waals surface area (Å²) in [6.07, 6.45) is 1.84. The van der Waals surface area contributed by atoms with E-state index in [0.717, 1.165) is 5.69 Å². The van der Waals surface area contributed by atoms with Crippen LogP contribution >= 0.6 is 35.6 Å². The van der Waals surface area contributed by atoms with Gasteiger partial charge in [0.1, 0.15) is 0 Å². The lowest BCUT2D eigenvalue weighted by atomic mass is 10.4. The number of halogens is 2. The Labute approximate surface area is 177 Å². The van der Waals surface area contributed by atoms with E-state index in [-0.39, 0.29) is 36.3 Å². The van der Waals surface area contributed by atoms with Crippen molar-refractivity contribution in [2.75, 3.05) is 26.4 Å². The predicted molar refractivity (Wildman–Crippen MR) is 117 cm³/mol. The Morgan fingerprint density at radius 2 is 1.96 bits per heavy atom. The maximum absolute atomic E-state index is 12.3. The average molecular weight is 511 g/mol. The molecule has 9 heteroatoms. The van der Waals surface area contributed by atoms with Gasteiger partial charge in [-0.3, -0.25) is 4.99 Å². The van der Waals surface area contributed by atoms with Gasteiger partial charge in [-0.1, -0.05) is 29.8 Å². The van der Waals surface area contributed by atoms with Crippen LogP contribution in [0.3, 0.4) is 0 Å². The van der Waals surface area contributed by atoms with Crippen LogP contribution in [0.25, 0.3) is 0 Å². The molecule has 0 saturated heterocycles. The molecular weight excluding hydrogens is 487 g/mol. The quantitative estimate of drug-likeness (QED) is 0.369. The van der Waals surface area contributed by atoms with Gasteiger partial charge in [-0.15, -0.1) is 24.0 Å². The van der Waals surface area contributed by atoms with Crippen LogP contribution in [0.4, 0.5) is 0 Å². The van der Waals surface area contributed by atoms with Crippen molar-refractivity contribution in [2.24, 2.45) is 12.0 Å². The summed E-state index contributed by atoms with van der Waals surface area (Å²) >= 11 is 6.00. The molecule has 1 heterocycles. The minimum atomic E-state index is -3.31. The summed E-state index contributed by atoms with van der Waals surface area (Å²) in [5.74, 6) is 0.625. The predicted octanol–water partition coefficient (Wildman–Crippen LogP) is 2.78. The fourth-order valence-corrected chi connectivity index (χ4v) is 3.92. The molecule has 0 aliphatic rings. The first-order chi connectivity index (χ1) is 11.8. The lowest BCUT2D eigenvalue weighted by Crippen LogP contribution is -2.40. The summed E-state index contributed by atoms with van der Waals surface area (Å²) in [6.45, 7) is 0.885. The molecule has 6 nitrogen and oxygen atoms in total. The van der Waals surface area contributed by atoms with E-state index in [2.05, 4.69) is 10.3 Å². The number of nitrogens with zero attached hydrogens (tertiary/aromatic N) is 3. The van der Waals surface area contributed by atoms with Crippen LogP contribution in [0.15, 0.2) is 52.5 Å². The molecule has 1 aromatic carbocycles. The van der Waals surface area contributed by atoms with Gasteiger partial charge in [-0.05, 0) is 18.2 Å². The van der Waals surface area contributed by atoms with Gasteiger partial charge in [0, 0.05) is 39.6 Å². The summed E-state index contributed by atoms with van der Waals surface area (Å²) < 4.78 is 26.5. The second kappa shape index (κ2) is 10.2. The molecule has 2 rings (SSSR count). The van der Waals surface area contributed by atoms with Gasteiger partial charge in [0.25, 0.3) is 0 Å². The van der Waals surface area contributed by atoms with E-state index in [1.165, 1.54) is 0 Å². The number of rotatable bonds is 6. The third-order valence-electron chi connectivity index (χ3n) is 3.80. The summed E-state index contributed by atoms with van der Waals surface area (Å²) in [4.78, 5) is 6.46.